The van der Waals surface area contributed by atoms with Crippen LogP contribution < -0.4 is 4.84 Å². The molecule has 2 rings (SSSR count). The van der Waals surface area contributed by atoms with Gasteiger partial charge in [-0.15, -0.1) is 0 Å². The highest BCUT2D eigenvalue weighted by atomic mass is 79.9. The number of hydrogen-bond donors (Lipinski definition) is 0. The summed E-state index contributed by atoms with van der Waals surface area (Å²) in [4.78, 5) is 20.4. The Balaban J connectivity index is 2.15. The van der Waals surface area contributed by atoms with Gasteiger partial charge in [0, 0.05) is 23.1 Å². The van der Waals surface area contributed by atoms with E-state index in [4.69, 9.17) is 4.84 Å². The molecule has 0 N–H and O–H groups in total. The van der Waals surface area contributed by atoms with Crippen LogP contribution in [0.5, 0.6) is 0 Å². The van der Waals surface area contributed by atoms with Crippen molar-refractivity contribution >= 4 is 21.9 Å². The number of rotatable bonds is 2. The summed E-state index contributed by atoms with van der Waals surface area (Å²) in [6.07, 6.45) is 4.81. The quantitative estimate of drug-likeness (QED) is 0.834. The first-order valence-corrected chi connectivity index (χ1v) is 5.02. The first kappa shape index (κ1) is 9.92. The minimum Gasteiger partial charge on any atom is -0.330 e. The van der Waals surface area contributed by atoms with Crippen LogP contribution in [0.25, 0.3) is 0 Å². The number of hydrogen-bond acceptors (Lipinski definition) is 3. The van der Waals surface area contributed by atoms with E-state index in [1.54, 1.807) is 36.7 Å². The van der Waals surface area contributed by atoms with Gasteiger partial charge in [-0.2, -0.15) is 4.73 Å². The summed E-state index contributed by atoms with van der Waals surface area (Å²) in [7, 11) is 0. The number of carbonyl (C=O) groups excluding carboxylic acids is 1. The van der Waals surface area contributed by atoms with Gasteiger partial charge in [0.25, 0.3) is 0 Å². The monoisotopic (exact) mass is 266 g/mol. The number of aromatic nitrogens is 2. The third-order valence-electron chi connectivity index (χ3n) is 1.70. The molecule has 76 valence electrons. The van der Waals surface area contributed by atoms with E-state index in [9.17, 15) is 4.79 Å². The van der Waals surface area contributed by atoms with Crippen LogP contribution in [-0.2, 0) is 0 Å². The van der Waals surface area contributed by atoms with Crippen molar-refractivity contribution in [3.8, 4) is 0 Å². The van der Waals surface area contributed by atoms with Gasteiger partial charge >= 0.3 is 5.97 Å². The lowest BCUT2D eigenvalue weighted by atomic mass is 10.4. The Morgan fingerprint density at radius 1 is 1.40 bits per heavy atom. The highest BCUT2D eigenvalue weighted by Crippen LogP contribution is 2.09. The zero-order valence-corrected chi connectivity index (χ0v) is 9.22. The van der Waals surface area contributed by atoms with Crippen molar-refractivity contribution < 1.29 is 9.63 Å². The van der Waals surface area contributed by atoms with Gasteiger partial charge in [0.2, 0.25) is 0 Å². The van der Waals surface area contributed by atoms with Crippen LogP contribution in [0.15, 0.2) is 47.3 Å². The molecule has 0 aliphatic rings. The first-order chi connectivity index (χ1) is 7.25. The molecule has 0 saturated heterocycles. The minimum atomic E-state index is -0.493. The van der Waals surface area contributed by atoms with Gasteiger partial charge in [-0.25, -0.2) is 9.78 Å². The smallest absolute Gasteiger partial charge is 0.330 e. The van der Waals surface area contributed by atoms with Crippen molar-refractivity contribution in [1.82, 2.24) is 9.71 Å². The lowest BCUT2D eigenvalue weighted by molar-refractivity contribution is 0.0456. The van der Waals surface area contributed by atoms with E-state index in [2.05, 4.69) is 20.9 Å². The topological polar surface area (TPSA) is 44.1 Å². The fraction of sp³-hybridized carbons (Fsp3) is 0. The molecular weight excluding hydrogens is 260 g/mol. The maximum absolute atomic E-state index is 11.5. The van der Waals surface area contributed by atoms with E-state index in [0.717, 1.165) is 4.47 Å². The molecule has 0 fully saturated rings. The van der Waals surface area contributed by atoms with Crippen molar-refractivity contribution in [1.29, 1.82) is 0 Å². The van der Waals surface area contributed by atoms with Crippen molar-refractivity contribution in [3.63, 3.8) is 0 Å². The molecule has 0 bridgehead atoms. The third-order valence-corrected chi connectivity index (χ3v) is 2.19. The Morgan fingerprint density at radius 2 is 2.13 bits per heavy atom. The van der Waals surface area contributed by atoms with Crippen LogP contribution in [0.3, 0.4) is 0 Å². The van der Waals surface area contributed by atoms with Crippen LogP contribution in [-0.4, -0.2) is 15.7 Å². The number of nitrogens with zero attached hydrogens (tertiary/aromatic N) is 2. The molecule has 15 heavy (non-hydrogen) atoms. The van der Waals surface area contributed by atoms with Gasteiger partial charge in [-0.1, -0.05) is 15.9 Å². The van der Waals surface area contributed by atoms with Crippen molar-refractivity contribution in [3.05, 3.63) is 53.0 Å². The molecule has 0 aromatic carbocycles. The van der Waals surface area contributed by atoms with Crippen LogP contribution >= 0.6 is 15.9 Å². The fourth-order valence-corrected chi connectivity index (χ4v) is 1.37. The maximum atomic E-state index is 11.5. The van der Waals surface area contributed by atoms with Crippen molar-refractivity contribution in [2.45, 2.75) is 0 Å². The predicted octanol–water partition coefficient (Wildman–Crippen LogP) is 1.91. The molecule has 2 aromatic rings. The van der Waals surface area contributed by atoms with E-state index in [1.165, 1.54) is 10.9 Å². The average Bonchev–Trinajstić information content (AvgIpc) is 2.70. The molecule has 0 aliphatic carbocycles. The van der Waals surface area contributed by atoms with Crippen molar-refractivity contribution in [2.24, 2.45) is 0 Å². The van der Waals surface area contributed by atoms with Gasteiger partial charge in [0.05, 0.1) is 0 Å². The predicted molar refractivity (Wildman–Crippen MR) is 57.3 cm³/mol. The molecule has 0 atom stereocenters. The summed E-state index contributed by atoms with van der Waals surface area (Å²) in [5, 5.41) is 0. The van der Waals surface area contributed by atoms with Crippen molar-refractivity contribution in [2.75, 3.05) is 0 Å². The molecule has 4 nitrogen and oxygen atoms in total. The van der Waals surface area contributed by atoms with Gasteiger partial charge in [0.1, 0.15) is 0 Å². The van der Waals surface area contributed by atoms with Crippen LogP contribution in [0.2, 0.25) is 0 Å². The number of pyridine rings is 1. The highest BCUT2D eigenvalue weighted by molar-refractivity contribution is 9.10. The molecule has 0 aliphatic heterocycles. The zero-order valence-electron chi connectivity index (χ0n) is 7.63. The maximum Gasteiger partial charge on any atom is 0.381 e. The molecule has 2 aromatic heterocycles. The Labute approximate surface area is 94.6 Å². The summed E-state index contributed by atoms with van der Waals surface area (Å²) in [5.41, 5.74) is 0.262. The Kier molecular flexibility index (Phi) is 2.82. The van der Waals surface area contributed by atoms with Crippen LogP contribution in [0.1, 0.15) is 10.5 Å². The second-order valence-corrected chi connectivity index (χ2v) is 3.70. The van der Waals surface area contributed by atoms with E-state index in [-0.39, 0.29) is 5.69 Å². The van der Waals surface area contributed by atoms with Crippen LogP contribution in [0, 0.1) is 0 Å². The summed E-state index contributed by atoms with van der Waals surface area (Å²) in [5.74, 6) is -0.493. The van der Waals surface area contributed by atoms with E-state index in [0.29, 0.717) is 0 Å². The Morgan fingerprint density at radius 3 is 2.80 bits per heavy atom. The lowest BCUT2D eigenvalue weighted by Crippen LogP contribution is -2.19. The average molecular weight is 267 g/mol. The molecule has 0 saturated carbocycles. The molecule has 0 amide bonds. The number of carbonyl (C=O) groups is 1. The minimum absolute atomic E-state index is 0.262. The van der Waals surface area contributed by atoms with Gasteiger partial charge in [-0.05, 0) is 24.3 Å². The van der Waals surface area contributed by atoms with E-state index < -0.39 is 5.97 Å². The normalized spacial score (nSPS) is 9.93. The molecular formula is C10H7BrN2O2. The molecule has 0 spiro atoms. The first-order valence-electron chi connectivity index (χ1n) is 4.23. The lowest BCUT2D eigenvalue weighted by Gasteiger charge is -2.03. The fourth-order valence-electron chi connectivity index (χ4n) is 1.04. The second-order valence-electron chi connectivity index (χ2n) is 2.78. The van der Waals surface area contributed by atoms with Crippen LogP contribution in [0.4, 0.5) is 0 Å². The van der Waals surface area contributed by atoms with E-state index >= 15 is 0 Å². The molecule has 2 heterocycles. The summed E-state index contributed by atoms with van der Waals surface area (Å²) in [6, 6.07) is 6.88. The third kappa shape index (κ3) is 2.44. The summed E-state index contributed by atoms with van der Waals surface area (Å²) in [6.45, 7) is 0. The number of halogens is 1. The van der Waals surface area contributed by atoms with Gasteiger partial charge in [0.15, 0.2) is 5.69 Å². The second kappa shape index (κ2) is 4.27. The summed E-state index contributed by atoms with van der Waals surface area (Å²) >= 11 is 3.25. The zero-order chi connectivity index (χ0) is 10.7. The summed E-state index contributed by atoms with van der Waals surface area (Å²) < 4.78 is 2.11. The molecule has 5 heteroatoms. The highest BCUT2D eigenvalue weighted by Gasteiger charge is 2.09. The standard InChI is InChI=1S/C10H7BrN2O2/c11-8-3-4-12-9(7-8)10(14)15-13-5-1-2-6-13/h1-7H. The Bertz CT molecular complexity index is 468. The Hall–Kier alpha value is -1.62. The van der Waals surface area contributed by atoms with Gasteiger partial charge in [-0.3, -0.25) is 0 Å². The molecule has 0 unspecified atom stereocenters. The van der Waals surface area contributed by atoms with E-state index in [1.807, 2.05) is 0 Å². The van der Waals surface area contributed by atoms with Gasteiger partial charge < -0.3 is 4.84 Å². The molecule has 0 radical (unpaired) electrons. The largest absolute Gasteiger partial charge is 0.381 e. The SMILES string of the molecule is O=C(On1cccc1)c1cc(Br)ccn1.